The van der Waals surface area contributed by atoms with Gasteiger partial charge in [-0.05, 0) is 44.8 Å². The Morgan fingerprint density at radius 3 is 2.48 bits per heavy atom. The number of aromatic amines is 1. The molecule has 178 valence electrons. The maximum absolute atomic E-state index is 12.6. The van der Waals surface area contributed by atoms with Gasteiger partial charge in [-0.2, -0.15) is 5.10 Å². The third-order valence-electron chi connectivity index (χ3n) is 6.99. The van der Waals surface area contributed by atoms with E-state index in [2.05, 4.69) is 27.2 Å². The third kappa shape index (κ3) is 5.29. The summed E-state index contributed by atoms with van der Waals surface area (Å²) >= 11 is 1.76. The molecule has 7 nitrogen and oxygen atoms in total. The van der Waals surface area contributed by atoms with Crippen molar-refractivity contribution < 1.29 is 14.3 Å². The number of morpholine rings is 1. The third-order valence-corrected chi connectivity index (χ3v) is 8.09. The van der Waals surface area contributed by atoms with Crippen molar-refractivity contribution in [3.63, 3.8) is 0 Å². The average molecular weight is 471 g/mol. The molecule has 0 bridgehead atoms. The maximum atomic E-state index is 12.6. The SMILES string of the molecule is C1CCN(C2CCOCC2)CC1.O=C(c1[nH]nc2c1CSc1ccccc1-2)N1CCOCC1. The number of aromatic nitrogens is 2. The second-order valence-electron chi connectivity index (χ2n) is 9.06. The Morgan fingerprint density at radius 2 is 1.70 bits per heavy atom. The van der Waals surface area contributed by atoms with Crippen LogP contribution in [0.15, 0.2) is 29.2 Å². The average Bonchev–Trinajstić information content (AvgIpc) is 3.35. The molecule has 4 aliphatic heterocycles. The van der Waals surface area contributed by atoms with Crippen molar-refractivity contribution in [2.45, 2.75) is 48.8 Å². The number of nitrogens with zero attached hydrogens (tertiary/aromatic N) is 3. The van der Waals surface area contributed by atoms with Crippen LogP contribution in [0.1, 0.15) is 48.2 Å². The van der Waals surface area contributed by atoms with E-state index in [4.69, 9.17) is 9.47 Å². The van der Waals surface area contributed by atoms with Crippen LogP contribution >= 0.6 is 11.8 Å². The number of amides is 1. The van der Waals surface area contributed by atoms with Gasteiger partial charge < -0.3 is 19.3 Å². The molecular formula is C25H34N4O3S. The van der Waals surface area contributed by atoms with Gasteiger partial charge >= 0.3 is 0 Å². The molecular weight excluding hydrogens is 436 g/mol. The van der Waals surface area contributed by atoms with E-state index < -0.39 is 0 Å². The lowest BCUT2D eigenvalue weighted by molar-refractivity contribution is 0.0273. The Balaban J connectivity index is 0.000000162. The highest BCUT2D eigenvalue weighted by atomic mass is 32.2. The zero-order chi connectivity index (χ0) is 22.5. The molecule has 0 unspecified atom stereocenters. The molecule has 0 aliphatic carbocycles. The molecule has 3 saturated heterocycles. The van der Waals surface area contributed by atoms with Crippen LogP contribution in [0.2, 0.25) is 0 Å². The standard InChI is InChI=1S/C15H15N3O2S.C10H19NO/c19-15(18-5-7-20-8-6-18)14-11-9-21-12-4-2-1-3-10(12)13(11)16-17-14;1-2-6-11(7-3-1)10-4-8-12-9-5-10/h1-4H,5-9H2,(H,16,17);10H,1-9H2. The van der Waals surface area contributed by atoms with Crippen LogP contribution in [0, 0.1) is 0 Å². The van der Waals surface area contributed by atoms with E-state index in [9.17, 15) is 4.79 Å². The lowest BCUT2D eigenvalue weighted by atomic mass is 10.0. The van der Waals surface area contributed by atoms with E-state index in [1.165, 1.54) is 50.1 Å². The quantitative estimate of drug-likeness (QED) is 0.720. The summed E-state index contributed by atoms with van der Waals surface area (Å²) in [5, 5.41) is 7.36. The zero-order valence-electron chi connectivity index (χ0n) is 19.3. The summed E-state index contributed by atoms with van der Waals surface area (Å²) in [5.41, 5.74) is 3.69. The predicted octanol–water partition coefficient (Wildman–Crippen LogP) is 3.81. The monoisotopic (exact) mass is 470 g/mol. The molecule has 1 amide bonds. The van der Waals surface area contributed by atoms with Crippen molar-refractivity contribution >= 4 is 17.7 Å². The fraction of sp³-hybridized carbons (Fsp3) is 0.600. The Labute approximate surface area is 200 Å². The first-order chi connectivity index (χ1) is 16.3. The highest BCUT2D eigenvalue weighted by Crippen LogP contribution is 2.41. The van der Waals surface area contributed by atoms with Gasteiger partial charge in [0.1, 0.15) is 5.69 Å². The summed E-state index contributed by atoms with van der Waals surface area (Å²) in [6.07, 6.45) is 6.80. The number of thioether (sulfide) groups is 1. The molecule has 4 aliphatic rings. The first-order valence-electron chi connectivity index (χ1n) is 12.3. The molecule has 0 saturated carbocycles. The normalized spacial score (nSPS) is 21.5. The summed E-state index contributed by atoms with van der Waals surface area (Å²) < 4.78 is 10.7. The number of hydrogen-bond acceptors (Lipinski definition) is 6. The number of carbonyl (C=O) groups excluding carboxylic acids is 1. The lowest BCUT2D eigenvalue weighted by Gasteiger charge is -2.36. The minimum atomic E-state index is 0.0343. The van der Waals surface area contributed by atoms with Crippen LogP contribution in [0.5, 0.6) is 0 Å². The number of likely N-dealkylation sites (tertiary alicyclic amines) is 1. The van der Waals surface area contributed by atoms with Crippen molar-refractivity contribution in [3.8, 4) is 11.3 Å². The molecule has 0 radical (unpaired) electrons. The summed E-state index contributed by atoms with van der Waals surface area (Å²) in [6, 6.07) is 9.04. The molecule has 1 N–H and O–H groups in total. The number of H-pyrrole nitrogens is 1. The van der Waals surface area contributed by atoms with Crippen molar-refractivity contribution in [2.24, 2.45) is 0 Å². The van der Waals surface area contributed by atoms with Crippen molar-refractivity contribution in [3.05, 3.63) is 35.5 Å². The van der Waals surface area contributed by atoms with Gasteiger partial charge in [0, 0.05) is 54.1 Å². The highest BCUT2D eigenvalue weighted by molar-refractivity contribution is 7.98. The number of carbonyl (C=O) groups is 1. The molecule has 33 heavy (non-hydrogen) atoms. The van der Waals surface area contributed by atoms with Crippen LogP contribution in [0.3, 0.4) is 0 Å². The number of hydrogen-bond donors (Lipinski definition) is 1. The Morgan fingerprint density at radius 1 is 0.970 bits per heavy atom. The van der Waals surface area contributed by atoms with Gasteiger partial charge in [-0.1, -0.05) is 24.6 Å². The second kappa shape index (κ2) is 11.0. The topological polar surface area (TPSA) is 70.7 Å². The van der Waals surface area contributed by atoms with Crippen molar-refractivity contribution in [1.82, 2.24) is 20.0 Å². The minimum absolute atomic E-state index is 0.0343. The number of fused-ring (bicyclic) bond motifs is 3. The van der Waals surface area contributed by atoms with Crippen LogP contribution in [-0.4, -0.2) is 84.6 Å². The molecule has 5 heterocycles. The molecule has 1 aromatic heterocycles. The highest BCUT2D eigenvalue weighted by Gasteiger charge is 2.28. The first-order valence-corrected chi connectivity index (χ1v) is 13.3. The predicted molar refractivity (Wildman–Crippen MR) is 130 cm³/mol. The Kier molecular flexibility index (Phi) is 7.66. The van der Waals surface area contributed by atoms with Gasteiger partial charge in [0.25, 0.3) is 5.91 Å². The van der Waals surface area contributed by atoms with Gasteiger partial charge in [0.2, 0.25) is 0 Å². The number of rotatable bonds is 2. The van der Waals surface area contributed by atoms with Gasteiger partial charge in [0.05, 0.1) is 18.9 Å². The smallest absolute Gasteiger partial charge is 0.272 e. The number of benzene rings is 1. The summed E-state index contributed by atoms with van der Waals surface area (Å²) in [5.74, 6) is 0.820. The summed E-state index contributed by atoms with van der Waals surface area (Å²) in [7, 11) is 0. The number of piperidine rings is 1. The first kappa shape index (κ1) is 22.9. The van der Waals surface area contributed by atoms with Gasteiger partial charge in [0.15, 0.2) is 0 Å². The van der Waals surface area contributed by atoms with Gasteiger partial charge in [-0.3, -0.25) is 9.89 Å². The fourth-order valence-corrected chi connectivity index (χ4v) is 6.18. The largest absolute Gasteiger partial charge is 0.381 e. The molecule has 2 aromatic rings. The zero-order valence-corrected chi connectivity index (χ0v) is 20.1. The molecule has 6 rings (SSSR count). The van der Waals surface area contributed by atoms with Crippen LogP contribution in [0.25, 0.3) is 11.3 Å². The van der Waals surface area contributed by atoms with Gasteiger partial charge in [-0.15, -0.1) is 11.8 Å². The van der Waals surface area contributed by atoms with Gasteiger partial charge in [-0.25, -0.2) is 0 Å². The van der Waals surface area contributed by atoms with E-state index in [1.54, 1.807) is 11.8 Å². The van der Waals surface area contributed by atoms with Crippen molar-refractivity contribution in [1.29, 1.82) is 0 Å². The lowest BCUT2D eigenvalue weighted by Crippen LogP contribution is -2.42. The molecule has 8 heteroatoms. The molecule has 0 spiro atoms. The van der Waals surface area contributed by atoms with Crippen LogP contribution in [-0.2, 0) is 15.2 Å². The maximum Gasteiger partial charge on any atom is 0.272 e. The molecule has 3 fully saturated rings. The van der Waals surface area contributed by atoms with E-state index in [0.29, 0.717) is 32.0 Å². The van der Waals surface area contributed by atoms with E-state index in [-0.39, 0.29) is 5.91 Å². The summed E-state index contributed by atoms with van der Waals surface area (Å²) in [6.45, 7) is 7.17. The van der Waals surface area contributed by atoms with E-state index in [1.807, 2.05) is 17.0 Å². The van der Waals surface area contributed by atoms with Crippen LogP contribution < -0.4 is 0 Å². The fourth-order valence-electron chi connectivity index (χ4n) is 5.10. The van der Waals surface area contributed by atoms with Crippen LogP contribution in [0.4, 0.5) is 0 Å². The van der Waals surface area contributed by atoms with E-state index >= 15 is 0 Å². The molecule has 1 aromatic carbocycles. The minimum Gasteiger partial charge on any atom is -0.381 e. The number of ether oxygens (including phenoxy) is 2. The molecule has 0 atom stereocenters. The number of nitrogens with one attached hydrogen (secondary N) is 1. The Hall–Kier alpha value is -1.87. The Bertz CT molecular complexity index is 915. The van der Waals surface area contributed by atoms with Crippen molar-refractivity contribution in [2.75, 3.05) is 52.6 Å². The second-order valence-corrected chi connectivity index (χ2v) is 10.1. The van der Waals surface area contributed by atoms with E-state index in [0.717, 1.165) is 41.8 Å². The summed E-state index contributed by atoms with van der Waals surface area (Å²) in [4.78, 5) is 18.4.